The molecule has 0 heterocycles. The molecule has 1 aromatic carbocycles. The first-order valence-corrected chi connectivity index (χ1v) is 11.2. The first kappa shape index (κ1) is 21.0. The molecule has 3 nitrogen and oxygen atoms in total. The van der Waals surface area contributed by atoms with E-state index in [1.54, 1.807) is 0 Å². The standard InChI is InChI=1S/C27H30O3/c1-4-28-25-16-22(25)10-7-19-13-20(8-11-23-17-26(23)29-5-2)15-21(14-19)9-12-24-18-27(24)30-6-3/h13-15,22-27H,4-6,16-18H2,1-3H3/t22-,23-,24+,25-,26-,27+/m1/s1. The van der Waals surface area contributed by atoms with Gasteiger partial charge in [-0.25, -0.2) is 0 Å². The van der Waals surface area contributed by atoms with Crippen molar-refractivity contribution in [2.45, 2.75) is 58.3 Å². The van der Waals surface area contributed by atoms with Crippen LogP contribution in [0.5, 0.6) is 0 Å². The van der Waals surface area contributed by atoms with E-state index in [4.69, 9.17) is 14.2 Å². The van der Waals surface area contributed by atoms with Crippen molar-refractivity contribution in [1.29, 1.82) is 0 Å². The Hall–Kier alpha value is -2.22. The van der Waals surface area contributed by atoms with Crippen molar-refractivity contribution in [2.75, 3.05) is 19.8 Å². The van der Waals surface area contributed by atoms with Crippen molar-refractivity contribution in [3.8, 4) is 35.5 Å². The van der Waals surface area contributed by atoms with Crippen LogP contribution in [-0.2, 0) is 14.2 Å². The fraction of sp³-hybridized carbons (Fsp3) is 0.556. The Labute approximate surface area is 180 Å². The van der Waals surface area contributed by atoms with Gasteiger partial charge in [0, 0.05) is 54.3 Å². The summed E-state index contributed by atoms with van der Waals surface area (Å²) in [7, 11) is 0. The van der Waals surface area contributed by atoms with E-state index in [9.17, 15) is 0 Å². The molecule has 3 fully saturated rings. The third-order valence-corrected chi connectivity index (χ3v) is 5.48. The molecule has 3 aliphatic rings. The van der Waals surface area contributed by atoms with Crippen LogP contribution in [0, 0.1) is 53.3 Å². The Morgan fingerprint density at radius 1 is 0.600 bits per heavy atom. The lowest BCUT2D eigenvalue weighted by molar-refractivity contribution is 0.126. The van der Waals surface area contributed by atoms with Gasteiger partial charge < -0.3 is 14.2 Å². The van der Waals surface area contributed by atoms with E-state index in [-0.39, 0.29) is 0 Å². The van der Waals surface area contributed by atoms with Gasteiger partial charge in [-0.15, -0.1) is 0 Å². The largest absolute Gasteiger partial charge is 0.377 e. The molecule has 3 aliphatic carbocycles. The lowest BCUT2D eigenvalue weighted by atomic mass is 10.1. The zero-order valence-electron chi connectivity index (χ0n) is 18.2. The van der Waals surface area contributed by atoms with Crippen molar-refractivity contribution < 1.29 is 14.2 Å². The van der Waals surface area contributed by atoms with Crippen LogP contribution in [-0.4, -0.2) is 38.1 Å². The number of ether oxygens (including phenoxy) is 3. The summed E-state index contributed by atoms with van der Waals surface area (Å²) in [6.07, 6.45) is 4.03. The van der Waals surface area contributed by atoms with Gasteiger partial charge in [0.05, 0.1) is 18.3 Å². The van der Waals surface area contributed by atoms with Gasteiger partial charge in [-0.1, -0.05) is 35.5 Å². The van der Waals surface area contributed by atoms with E-state index in [2.05, 4.69) is 53.7 Å². The summed E-state index contributed by atoms with van der Waals surface area (Å²) in [5.74, 6) is 21.1. The van der Waals surface area contributed by atoms with E-state index >= 15 is 0 Å². The van der Waals surface area contributed by atoms with Crippen LogP contribution < -0.4 is 0 Å². The van der Waals surface area contributed by atoms with Gasteiger partial charge in [0.15, 0.2) is 0 Å². The molecule has 3 heteroatoms. The van der Waals surface area contributed by atoms with Gasteiger partial charge in [-0.05, 0) is 58.2 Å². The molecule has 0 saturated heterocycles. The van der Waals surface area contributed by atoms with Gasteiger partial charge in [0.2, 0.25) is 0 Å². The van der Waals surface area contributed by atoms with Crippen LogP contribution in [0.2, 0.25) is 0 Å². The smallest absolute Gasteiger partial charge is 0.0726 e. The van der Waals surface area contributed by atoms with E-state index in [0.29, 0.717) is 36.1 Å². The van der Waals surface area contributed by atoms with Crippen molar-refractivity contribution in [1.82, 2.24) is 0 Å². The Morgan fingerprint density at radius 3 is 1.17 bits per heavy atom. The maximum absolute atomic E-state index is 5.63. The molecule has 0 amide bonds. The first-order chi connectivity index (χ1) is 14.7. The minimum atomic E-state index is 0.306. The van der Waals surface area contributed by atoms with Crippen molar-refractivity contribution in [2.24, 2.45) is 17.8 Å². The highest BCUT2D eigenvalue weighted by molar-refractivity contribution is 5.52. The van der Waals surface area contributed by atoms with Gasteiger partial charge in [-0.2, -0.15) is 0 Å². The summed E-state index contributed by atoms with van der Waals surface area (Å²) in [6, 6.07) is 6.21. The molecule has 30 heavy (non-hydrogen) atoms. The summed E-state index contributed by atoms with van der Waals surface area (Å²) in [5, 5.41) is 0. The second-order valence-corrected chi connectivity index (χ2v) is 8.12. The average Bonchev–Trinajstić information content (AvgIpc) is 3.63. The fourth-order valence-electron chi connectivity index (χ4n) is 3.54. The maximum Gasteiger partial charge on any atom is 0.0726 e. The van der Waals surface area contributed by atoms with Crippen LogP contribution in [0.3, 0.4) is 0 Å². The maximum atomic E-state index is 5.63. The summed E-state index contributed by atoms with van der Waals surface area (Å²) in [6.45, 7) is 8.34. The highest BCUT2D eigenvalue weighted by Gasteiger charge is 2.37. The summed E-state index contributed by atoms with van der Waals surface area (Å²) >= 11 is 0. The predicted octanol–water partition coefficient (Wildman–Crippen LogP) is 4.02. The zero-order valence-corrected chi connectivity index (χ0v) is 18.2. The minimum absolute atomic E-state index is 0.306. The fourth-order valence-corrected chi connectivity index (χ4v) is 3.54. The number of hydrogen-bond donors (Lipinski definition) is 0. The molecule has 6 atom stereocenters. The third kappa shape index (κ3) is 5.90. The molecular formula is C27H30O3. The highest BCUT2D eigenvalue weighted by Crippen LogP contribution is 2.34. The molecule has 4 rings (SSSR count). The molecule has 0 N–H and O–H groups in total. The van der Waals surface area contributed by atoms with E-state index < -0.39 is 0 Å². The first-order valence-electron chi connectivity index (χ1n) is 11.2. The lowest BCUT2D eigenvalue weighted by Gasteiger charge is -1.98. The number of hydrogen-bond acceptors (Lipinski definition) is 3. The minimum Gasteiger partial charge on any atom is -0.377 e. The molecular weight excluding hydrogens is 372 g/mol. The molecule has 156 valence electrons. The lowest BCUT2D eigenvalue weighted by Crippen LogP contribution is -1.95. The molecule has 0 unspecified atom stereocenters. The Morgan fingerprint density at radius 2 is 0.900 bits per heavy atom. The van der Waals surface area contributed by atoms with Crippen molar-refractivity contribution in [3.63, 3.8) is 0 Å². The normalized spacial score (nSPS) is 30.1. The van der Waals surface area contributed by atoms with Crippen molar-refractivity contribution >= 4 is 0 Å². The SMILES string of the molecule is CCO[C@H]1C[C@@H]1C#Cc1cc(C#C[C@@H]2C[C@H]2OCC)cc(C#C[C@@H]2C[C@H]2OCC)c1. The molecule has 1 aromatic rings. The van der Waals surface area contributed by atoms with Crippen molar-refractivity contribution in [3.05, 3.63) is 34.9 Å². The Bertz CT molecular complexity index is 809. The summed E-state index contributed by atoms with van der Waals surface area (Å²) in [5.41, 5.74) is 2.92. The zero-order chi connectivity index (χ0) is 20.9. The van der Waals surface area contributed by atoms with Gasteiger partial charge in [0.25, 0.3) is 0 Å². The Balaban J connectivity index is 1.49. The van der Waals surface area contributed by atoms with Crippen LogP contribution in [0.25, 0.3) is 0 Å². The Kier molecular flexibility index (Phi) is 6.82. The molecule has 0 radical (unpaired) electrons. The number of rotatable bonds is 6. The predicted molar refractivity (Wildman–Crippen MR) is 118 cm³/mol. The van der Waals surface area contributed by atoms with Gasteiger partial charge in [-0.3, -0.25) is 0 Å². The summed E-state index contributed by atoms with van der Waals surface area (Å²) in [4.78, 5) is 0. The van der Waals surface area contributed by atoms with Crippen LogP contribution in [0.15, 0.2) is 18.2 Å². The highest BCUT2D eigenvalue weighted by atomic mass is 16.5. The van der Waals surface area contributed by atoms with Gasteiger partial charge in [0.1, 0.15) is 0 Å². The molecule has 0 aliphatic heterocycles. The van der Waals surface area contributed by atoms with Crippen LogP contribution in [0.1, 0.15) is 56.7 Å². The van der Waals surface area contributed by atoms with Crippen LogP contribution >= 0.6 is 0 Å². The number of benzene rings is 1. The average molecular weight is 403 g/mol. The second-order valence-electron chi connectivity index (χ2n) is 8.12. The molecule has 3 saturated carbocycles. The van der Waals surface area contributed by atoms with Crippen LogP contribution in [0.4, 0.5) is 0 Å². The molecule has 0 bridgehead atoms. The summed E-state index contributed by atoms with van der Waals surface area (Å²) < 4.78 is 16.9. The molecule has 0 spiro atoms. The quantitative estimate of drug-likeness (QED) is 0.673. The topological polar surface area (TPSA) is 27.7 Å². The van der Waals surface area contributed by atoms with Gasteiger partial charge >= 0.3 is 0 Å². The van der Waals surface area contributed by atoms with E-state index in [1.807, 2.05) is 20.8 Å². The monoisotopic (exact) mass is 402 g/mol. The molecule has 0 aromatic heterocycles. The van der Waals surface area contributed by atoms with E-state index in [0.717, 1.165) is 55.8 Å². The van der Waals surface area contributed by atoms with E-state index in [1.165, 1.54) is 0 Å². The second kappa shape index (κ2) is 9.73. The third-order valence-electron chi connectivity index (χ3n) is 5.48.